The summed E-state index contributed by atoms with van der Waals surface area (Å²) < 4.78 is 8.73. The summed E-state index contributed by atoms with van der Waals surface area (Å²) in [5.74, 6) is 2.90. The third kappa shape index (κ3) is 2.09. The summed E-state index contributed by atoms with van der Waals surface area (Å²) in [5, 5.41) is 5.25. The van der Waals surface area contributed by atoms with Gasteiger partial charge in [0.1, 0.15) is 11.2 Å². The topological polar surface area (TPSA) is 18.1 Å². The summed E-state index contributed by atoms with van der Waals surface area (Å²) >= 11 is 0. The summed E-state index contributed by atoms with van der Waals surface area (Å²) in [5.41, 5.74) is 6.63. The molecule has 154 valence electrons. The number of fused-ring (bicyclic) bond motifs is 7. The van der Waals surface area contributed by atoms with Gasteiger partial charge in [-0.3, -0.25) is 0 Å². The fourth-order valence-corrected chi connectivity index (χ4v) is 8.32. The molecule has 4 fully saturated rings. The molecule has 3 aromatic carbocycles. The normalized spacial score (nSPS) is 29.8. The third-order valence-electron chi connectivity index (χ3n) is 9.15. The molecule has 0 amide bonds. The summed E-state index contributed by atoms with van der Waals surface area (Å²) in [7, 11) is 2.20. The van der Waals surface area contributed by atoms with Gasteiger partial charge < -0.3 is 8.98 Å². The van der Waals surface area contributed by atoms with E-state index >= 15 is 0 Å². The number of benzene rings is 3. The van der Waals surface area contributed by atoms with Gasteiger partial charge in [0.2, 0.25) is 0 Å². The van der Waals surface area contributed by atoms with Crippen molar-refractivity contribution in [2.24, 2.45) is 24.8 Å². The number of furan rings is 1. The first-order valence-corrected chi connectivity index (χ1v) is 12.0. The molecule has 0 aliphatic heterocycles. The van der Waals surface area contributed by atoms with Gasteiger partial charge in [0, 0.05) is 28.7 Å². The van der Waals surface area contributed by atoms with Gasteiger partial charge in [0.15, 0.2) is 0 Å². The second-order valence-corrected chi connectivity index (χ2v) is 10.9. The second kappa shape index (κ2) is 5.54. The van der Waals surface area contributed by atoms with Gasteiger partial charge >= 0.3 is 0 Å². The molecule has 0 spiro atoms. The molecule has 2 heterocycles. The molecule has 0 radical (unpaired) electrons. The second-order valence-electron chi connectivity index (χ2n) is 10.9. The highest BCUT2D eigenvalue weighted by Gasteiger charge is 2.51. The highest BCUT2D eigenvalue weighted by atomic mass is 16.3. The maximum Gasteiger partial charge on any atom is 0.137 e. The smallest absolute Gasteiger partial charge is 0.137 e. The Hall–Kier alpha value is -2.74. The zero-order valence-electron chi connectivity index (χ0n) is 18.0. The average molecular weight is 406 g/mol. The Balaban J connectivity index is 1.43. The predicted octanol–water partition coefficient (Wildman–Crippen LogP) is 7.70. The lowest BCUT2D eigenvalue weighted by molar-refractivity contribution is -0.00513. The number of nitrogens with zero attached hydrogens (tertiary/aromatic N) is 1. The number of para-hydroxylation sites is 1. The fraction of sp³-hybridized carbons (Fsp3) is 0.379. The van der Waals surface area contributed by atoms with Crippen molar-refractivity contribution in [3.8, 4) is 0 Å². The van der Waals surface area contributed by atoms with Gasteiger partial charge in [0.05, 0.1) is 10.9 Å². The van der Waals surface area contributed by atoms with Crippen molar-refractivity contribution in [3.05, 3.63) is 60.2 Å². The van der Waals surface area contributed by atoms with Crippen LogP contribution in [0.1, 0.15) is 44.1 Å². The minimum absolute atomic E-state index is 0.416. The summed E-state index contributed by atoms with van der Waals surface area (Å²) in [6.07, 6.45) is 8.70. The molecule has 0 saturated heterocycles. The van der Waals surface area contributed by atoms with Crippen LogP contribution in [0.5, 0.6) is 0 Å². The van der Waals surface area contributed by atoms with Crippen LogP contribution in [0.3, 0.4) is 0 Å². The summed E-state index contributed by atoms with van der Waals surface area (Å²) in [6.45, 7) is 0. The number of hydrogen-bond acceptors (Lipinski definition) is 1. The van der Waals surface area contributed by atoms with Gasteiger partial charge in [0.25, 0.3) is 0 Å². The van der Waals surface area contributed by atoms with Crippen LogP contribution in [0.4, 0.5) is 0 Å². The van der Waals surface area contributed by atoms with Crippen molar-refractivity contribution in [1.82, 2.24) is 4.57 Å². The molecule has 5 aromatic rings. The van der Waals surface area contributed by atoms with E-state index in [0.29, 0.717) is 5.41 Å². The van der Waals surface area contributed by atoms with E-state index in [1.165, 1.54) is 71.1 Å². The Labute approximate surface area is 181 Å². The zero-order chi connectivity index (χ0) is 20.3. The highest BCUT2D eigenvalue weighted by Crippen LogP contribution is 2.61. The molecule has 4 saturated carbocycles. The van der Waals surface area contributed by atoms with Crippen molar-refractivity contribution in [2.45, 2.75) is 43.9 Å². The average Bonchev–Trinajstić information content (AvgIpc) is 3.28. The van der Waals surface area contributed by atoms with Crippen LogP contribution >= 0.6 is 0 Å². The van der Waals surface area contributed by atoms with E-state index in [1.807, 2.05) is 0 Å². The van der Waals surface area contributed by atoms with E-state index in [9.17, 15) is 0 Å². The molecular formula is C29H27NO. The first-order valence-electron chi connectivity index (χ1n) is 12.0. The van der Waals surface area contributed by atoms with Gasteiger partial charge in [-0.05, 0) is 97.6 Å². The standard InChI is InChI=1S/C29H27NO/c1-30-24-5-3-2-4-21(24)22-7-9-26-27(28(22)30)23-13-20(6-8-25(23)31-26)29-14-17-10-18(15-29)12-19(11-17)16-29/h2-9,13,17-19H,10-12,14-16H2,1H3. The van der Waals surface area contributed by atoms with E-state index in [1.54, 1.807) is 5.56 Å². The van der Waals surface area contributed by atoms with Crippen molar-refractivity contribution < 1.29 is 4.42 Å². The molecule has 2 nitrogen and oxygen atoms in total. The van der Waals surface area contributed by atoms with Gasteiger partial charge in [-0.15, -0.1) is 0 Å². The Kier molecular flexibility index (Phi) is 3.02. The molecule has 0 atom stereocenters. The lowest BCUT2D eigenvalue weighted by Crippen LogP contribution is -2.48. The van der Waals surface area contributed by atoms with Crippen molar-refractivity contribution in [3.63, 3.8) is 0 Å². The van der Waals surface area contributed by atoms with E-state index in [-0.39, 0.29) is 0 Å². The van der Waals surface area contributed by atoms with Crippen LogP contribution in [0.15, 0.2) is 59.0 Å². The van der Waals surface area contributed by atoms with E-state index in [2.05, 4.69) is 66.2 Å². The molecule has 0 N–H and O–H groups in total. The first kappa shape index (κ1) is 16.9. The van der Waals surface area contributed by atoms with Crippen LogP contribution in [0.2, 0.25) is 0 Å². The van der Waals surface area contributed by atoms with E-state index in [0.717, 1.165) is 28.9 Å². The van der Waals surface area contributed by atoms with Crippen LogP contribution in [0, 0.1) is 17.8 Å². The maximum absolute atomic E-state index is 6.37. The molecule has 2 aromatic heterocycles. The van der Waals surface area contributed by atoms with E-state index in [4.69, 9.17) is 4.42 Å². The number of aryl methyl sites for hydroxylation is 1. The lowest BCUT2D eigenvalue weighted by atomic mass is 9.48. The summed E-state index contributed by atoms with van der Waals surface area (Å²) in [6, 6.07) is 20.3. The molecule has 4 aliphatic rings. The Morgan fingerprint density at radius 3 is 2.26 bits per heavy atom. The minimum Gasteiger partial charge on any atom is -0.456 e. The molecule has 4 bridgehead atoms. The zero-order valence-corrected chi connectivity index (χ0v) is 18.0. The van der Waals surface area contributed by atoms with Crippen molar-refractivity contribution >= 4 is 43.7 Å². The largest absolute Gasteiger partial charge is 0.456 e. The SMILES string of the molecule is Cn1c2ccccc2c2ccc3oc4ccc(C56CC7CC(CC(C7)C5)C6)cc4c3c21. The number of aromatic nitrogens is 1. The predicted molar refractivity (Wildman–Crippen MR) is 128 cm³/mol. The molecule has 4 aliphatic carbocycles. The van der Waals surface area contributed by atoms with Crippen LogP contribution < -0.4 is 0 Å². The number of hydrogen-bond donors (Lipinski definition) is 0. The Morgan fingerprint density at radius 1 is 0.774 bits per heavy atom. The number of rotatable bonds is 1. The van der Waals surface area contributed by atoms with Crippen LogP contribution in [-0.4, -0.2) is 4.57 Å². The molecule has 0 unspecified atom stereocenters. The van der Waals surface area contributed by atoms with Crippen LogP contribution in [-0.2, 0) is 12.5 Å². The monoisotopic (exact) mass is 405 g/mol. The van der Waals surface area contributed by atoms with Gasteiger partial charge in [-0.2, -0.15) is 0 Å². The molecule has 2 heteroatoms. The third-order valence-corrected chi connectivity index (χ3v) is 9.15. The molecule has 31 heavy (non-hydrogen) atoms. The Morgan fingerprint density at radius 2 is 1.48 bits per heavy atom. The highest BCUT2D eigenvalue weighted by molar-refractivity contribution is 6.23. The maximum atomic E-state index is 6.37. The first-order chi connectivity index (χ1) is 15.2. The van der Waals surface area contributed by atoms with E-state index < -0.39 is 0 Å². The minimum atomic E-state index is 0.416. The van der Waals surface area contributed by atoms with Crippen molar-refractivity contribution in [2.75, 3.05) is 0 Å². The fourth-order valence-electron chi connectivity index (χ4n) is 8.32. The van der Waals surface area contributed by atoms with Gasteiger partial charge in [-0.25, -0.2) is 0 Å². The Bertz CT molecular complexity index is 1500. The summed E-state index contributed by atoms with van der Waals surface area (Å²) in [4.78, 5) is 0. The quantitative estimate of drug-likeness (QED) is 0.279. The van der Waals surface area contributed by atoms with Crippen LogP contribution in [0.25, 0.3) is 43.7 Å². The molecular weight excluding hydrogens is 378 g/mol. The van der Waals surface area contributed by atoms with Crippen molar-refractivity contribution in [1.29, 1.82) is 0 Å². The molecule has 9 rings (SSSR count). The van der Waals surface area contributed by atoms with Gasteiger partial charge in [-0.1, -0.05) is 24.3 Å². The lowest BCUT2D eigenvalue weighted by Gasteiger charge is -2.57.